The molecule has 5 rings (SSSR count). The number of H-pyrrole nitrogens is 2. The van der Waals surface area contributed by atoms with Crippen molar-refractivity contribution in [1.29, 1.82) is 0 Å². The van der Waals surface area contributed by atoms with Crippen LogP contribution in [0.2, 0.25) is 10.0 Å². The lowest BCUT2D eigenvalue weighted by Crippen LogP contribution is -2.10. The summed E-state index contributed by atoms with van der Waals surface area (Å²) in [6.07, 6.45) is 0. The molecule has 5 aromatic rings. The van der Waals surface area contributed by atoms with E-state index in [1.54, 1.807) is 24.3 Å². The largest absolute Gasteiger partial charge is 0.354 e. The van der Waals surface area contributed by atoms with Crippen LogP contribution in [-0.4, -0.2) is 22.9 Å². The van der Waals surface area contributed by atoms with Crippen LogP contribution < -0.4 is 10.9 Å². The molecule has 3 aromatic carbocycles. The summed E-state index contributed by atoms with van der Waals surface area (Å²) in [6, 6.07) is 11.1. The molecule has 0 aliphatic carbocycles. The summed E-state index contributed by atoms with van der Waals surface area (Å²) in [5, 5.41) is 0.318. The molecule has 0 aliphatic rings. The number of hydrogen-bond acceptors (Lipinski definition) is 4. The summed E-state index contributed by atoms with van der Waals surface area (Å²) in [5.74, 6) is 0. The minimum absolute atomic E-state index is 0.0240. The third-order valence-corrected chi connectivity index (χ3v) is 6.89. The number of hydrogen-bond donors (Lipinski definition) is 3. The molecule has 0 atom stereocenters. The van der Waals surface area contributed by atoms with Gasteiger partial charge in [0.2, 0.25) is 0 Å². The van der Waals surface area contributed by atoms with Crippen LogP contribution in [0.25, 0.3) is 43.6 Å². The molecule has 0 fully saturated rings. The summed E-state index contributed by atoms with van der Waals surface area (Å²) in [5.41, 5.74) is 0.753. The van der Waals surface area contributed by atoms with E-state index in [2.05, 4.69) is 9.97 Å². The Morgan fingerprint density at radius 3 is 2.00 bits per heavy atom. The SMILES string of the molecule is O=c1c2ccccc2[nH]c2cc3c(=O)c4c(Cl)c(Cl)c(S(=O)(=O)O)cc4[nH]c3cc12. The van der Waals surface area contributed by atoms with E-state index in [0.29, 0.717) is 27.3 Å². The van der Waals surface area contributed by atoms with Crippen LogP contribution in [0.3, 0.4) is 0 Å². The van der Waals surface area contributed by atoms with Crippen molar-refractivity contribution >= 4 is 76.9 Å². The van der Waals surface area contributed by atoms with Gasteiger partial charge in [-0.3, -0.25) is 14.1 Å². The van der Waals surface area contributed by atoms with Crippen molar-refractivity contribution in [1.82, 2.24) is 9.97 Å². The minimum atomic E-state index is -4.67. The van der Waals surface area contributed by atoms with Gasteiger partial charge in [-0.2, -0.15) is 8.42 Å². The molecule has 7 nitrogen and oxygen atoms in total. The van der Waals surface area contributed by atoms with Gasteiger partial charge in [0.25, 0.3) is 10.1 Å². The van der Waals surface area contributed by atoms with E-state index in [4.69, 9.17) is 23.2 Å². The molecule has 3 N–H and O–H groups in total. The van der Waals surface area contributed by atoms with E-state index in [1.165, 1.54) is 12.1 Å². The van der Waals surface area contributed by atoms with Gasteiger partial charge < -0.3 is 9.97 Å². The van der Waals surface area contributed by atoms with Gasteiger partial charge in [0.1, 0.15) is 4.90 Å². The fourth-order valence-corrected chi connectivity index (χ4v) is 5.04. The maximum atomic E-state index is 13.1. The topological polar surface area (TPSA) is 120 Å². The highest BCUT2D eigenvalue weighted by Crippen LogP contribution is 2.35. The summed E-state index contributed by atoms with van der Waals surface area (Å²) in [6.45, 7) is 0. The van der Waals surface area contributed by atoms with Crippen molar-refractivity contribution < 1.29 is 13.0 Å². The van der Waals surface area contributed by atoms with Crippen LogP contribution in [-0.2, 0) is 10.1 Å². The van der Waals surface area contributed by atoms with Crippen LogP contribution in [0, 0.1) is 0 Å². The number of rotatable bonds is 1. The highest BCUT2D eigenvalue weighted by Gasteiger charge is 2.22. The highest BCUT2D eigenvalue weighted by atomic mass is 35.5. The molecule has 10 heteroatoms. The lowest BCUT2D eigenvalue weighted by atomic mass is 10.1. The van der Waals surface area contributed by atoms with E-state index >= 15 is 0 Å². The monoisotopic (exact) mass is 460 g/mol. The first-order valence-electron chi connectivity index (χ1n) is 8.57. The van der Waals surface area contributed by atoms with Gasteiger partial charge in [-0.1, -0.05) is 35.3 Å². The molecular weight excluding hydrogens is 451 g/mol. The Hall–Kier alpha value is -2.91. The lowest BCUT2D eigenvalue weighted by Gasteiger charge is -2.10. The smallest absolute Gasteiger partial charge is 0.296 e. The predicted octanol–water partition coefficient (Wildman–Crippen LogP) is 4.23. The number of fused-ring (bicyclic) bond motifs is 4. The number of benzene rings is 3. The maximum Gasteiger partial charge on any atom is 0.296 e. The maximum absolute atomic E-state index is 13.1. The number of halogens is 2. The number of para-hydroxylation sites is 1. The van der Waals surface area contributed by atoms with E-state index < -0.39 is 25.5 Å². The Bertz CT molecular complexity index is 1790. The Kier molecular flexibility index (Phi) is 4.00. The fourth-order valence-electron chi connectivity index (χ4n) is 3.65. The minimum Gasteiger partial charge on any atom is -0.354 e. The fraction of sp³-hybridized carbons (Fsp3) is 0. The van der Waals surface area contributed by atoms with Crippen LogP contribution in [0.5, 0.6) is 0 Å². The standard InChI is InChI=1S/C20H10Cl2N2O5S/c21-17-15(30(27,28)29)7-14-16(18(17)22)20(26)10-6-12-9(5-13(10)24-14)19(25)8-3-1-2-4-11(8)23-12/h1-7H,(H,23,25)(H,24,26)(H,27,28,29). The van der Waals surface area contributed by atoms with Crippen molar-refractivity contribution in [3.05, 3.63) is 73.0 Å². The van der Waals surface area contributed by atoms with Crippen LogP contribution in [0.4, 0.5) is 0 Å². The molecule has 0 bridgehead atoms. The number of aromatic amines is 2. The zero-order chi connectivity index (χ0) is 21.4. The van der Waals surface area contributed by atoms with E-state index in [-0.39, 0.29) is 26.7 Å². The molecule has 150 valence electrons. The van der Waals surface area contributed by atoms with Crippen LogP contribution >= 0.6 is 23.2 Å². The van der Waals surface area contributed by atoms with Crippen LogP contribution in [0.1, 0.15) is 0 Å². The Labute approximate surface area is 177 Å². The molecule has 0 saturated heterocycles. The second-order valence-electron chi connectivity index (χ2n) is 6.80. The predicted molar refractivity (Wildman–Crippen MR) is 118 cm³/mol. The molecule has 30 heavy (non-hydrogen) atoms. The van der Waals surface area contributed by atoms with Crippen molar-refractivity contribution in [2.24, 2.45) is 0 Å². The Morgan fingerprint density at radius 2 is 1.33 bits per heavy atom. The molecule has 0 radical (unpaired) electrons. The van der Waals surface area contributed by atoms with Crippen LogP contribution in [0.15, 0.2) is 56.9 Å². The molecule has 0 spiro atoms. The average Bonchev–Trinajstić information content (AvgIpc) is 2.69. The van der Waals surface area contributed by atoms with E-state index in [1.807, 2.05) is 0 Å². The van der Waals surface area contributed by atoms with Crippen molar-refractivity contribution in [3.63, 3.8) is 0 Å². The van der Waals surface area contributed by atoms with E-state index in [9.17, 15) is 22.6 Å². The first-order chi connectivity index (χ1) is 14.2. The average molecular weight is 461 g/mol. The normalized spacial score (nSPS) is 12.4. The van der Waals surface area contributed by atoms with Gasteiger partial charge >= 0.3 is 0 Å². The van der Waals surface area contributed by atoms with Gasteiger partial charge in [-0.25, -0.2) is 0 Å². The first kappa shape index (κ1) is 19.1. The second kappa shape index (κ2) is 6.29. The second-order valence-corrected chi connectivity index (χ2v) is 8.94. The summed E-state index contributed by atoms with van der Waals surface area (Å²) in [4.78, 5) is 31.5. The molecule has 0 saturated carbocycles. The third kappa shape index (κ3) is 2.65. The summed E-state index contributed by atoms with van der Waals surface area (Å²) < 4.78 is 32.6. The Balaban J connectivity index is 2.00. The first-order valence-corrected chi connectivity index (χ1v) is 10.8. The van der Waals surface area contributed by atoms with Gasteiger partial charge in [0.05, 0.1) is 32.0 Å². The van der Waals surface area contributed by atoms with Gasteiger partial charge in [0, 0.05) is 21.7 Å². The number of aromatic nitrogens is 2. The number of nitrogens with one attached hydrogen (secondary N) is 2. The van der Waals surface area contributed by atoms with Crippen molar-refractivity contribution in [2.75, 3.05) is 0 Å². The number of pyridine rings is 2. The molecule has 0 aliphatic heterocycles. The van der Waals surface area contributed by atoms with Gasteiger partial charge in [-0.05, 0) is 30.3 Å². The van der Waals surface area contributed by atoms with E-state index in [0.717, 1.165) is 6.07 Å². The summed E-state index contributed by atoms with van der Waals surface area (Å²) in [7, 11) is -4.67. The molecular formula is C20H10Cl2N2O5S. The highest BCUT2D eigenvalue weighted by molar-refractivity contribution is 7.86. The Morgan fingerprint density at radius 1 is 0.733 bits per heavy atom. The lowest BCUT2D eigenvalue weighted by molar-refractivity contribution is 0.483. The quantitative estimate of drug-likeness (QED) is 0.255. The molecule has 2 heterocycles. The van der Waals surface area contributed by atoms with Crippen molar-refractivity contribution in [3.8, 4) is 0 Å². The van der Waals surface area contributed by atoms with Gasteiger partial charge in [0.15, 0.2) is 10.9 Å². The molecule has 0 unspecified atom stereocenters. The molecule has 0 amide bonds. The zero-order valence-electron chi connectivity index (χ0n) is 14.8. The third-order valence-electron chi connectivity index (χ3n) is 5.04. The zero-order valence-corrected chi connectivity index (χ0v) is 17.1. The molecule has 2 aromatic heterocycles. The van der Waals surface area contributed by atoms with Gasteiger partial charge in [-0.15, -0.1) is 0 Å². The summed E-state index contributed by atoms with van der Waals surface area (Å²) >= 11 is 12.2. The van der Waals surface area contributed by atoms with Crippen molar-refractivity contribution in [2.45, 2.75) is 4.90 Å².